The van der Waals surface area contributed by atoms with Crippen molar-refractivity contribution in [1.29, 1.82) is 0 Å². The second kappa shape index (κ2) is 5.92. The molecule has 1 amide bonds. The average Bonchev–Trinajstić information content (AvgIpc) is 2.51. The normalized spacial score (nSPS) is 10.9. The van der Waals surface area contributed by atoms with E-state index in [-0.39, 0.29) is 17.9 Å². The Morgan fingerprint density at radius 2 is 1.96 bits per heavy atom. The zero-order valence-corrected chi connectivity index (χ0v) is 13.4. The van der Waals surface area contributed by atoms with Crippen LogP contribution in [0.5, 0.6) is 0 Å². The van der Waals surface area contributed by atoms with E-state index >= 15 is 0 Å². The molecule has 7 heteroatoms. The van der Waals surface area contributed by atoms with Crippen LogP contribution in [0.25, 0.3) is 11.0 Å². The summed E-state index contributed by atoms with van der Waals surface area (Å²) in [6.45, 7) is 0.158. The smallest absolute Gasteiger partial charge is 0.265 e. The second-order valence-corrected chi connectivity index (χ2v) is 5.92. The maximum atomic E-state index is 13.0. The molecule has 0 saturated heterocycles. The maximum absolute atomic E-state index is 13.0. The first-order valence-corrected chi connectivity index (χ1v) is 7.48. The number of halogens is 2. The van der Waals surface area contributed by atoms with Crippen LogP contribution in [0.3, 0.4) is 0 Å². The van der Waals surface area contributed by atoms with Gasteiger partial charge in [0.25, 0.3) is 11.5 Å². The number of hydrogen-bond acceptors (Lipinski definition) is 3. The second-order valence-electron chi connectivity index (χ2n) is 5.01. The van der Waals surface area contributed by atoms with Gasteiger partial charge in [0.1, 0.15) is 17.0 Å². The lowest BCUT2D eigenvalue weighted by atomic mass is 10.1. The molecule has 2 aromatic heterocycles. The number of hydrogen-bond donors (Lipinski definition) is 1. The van der Waals surface area contributed by atoms with E-state index < -0.39 is 11.5 Å². The molecule has 5 nitrogen and oxygen atoms in total. The van der Waals surface area contributed by atoms with Crippen molar-refractivity contribution in [2.75, 3.05) is 0 Å². The molecule has 116 valence electrons. The van der Waals surface area contributed by atoms with Crippen LogP contribution in [0.1, 0.15) is 15.9 Å². The molecule has 2 N–H and O–H groups in total. The number of carbonyl (C=O) groups is 1. The summed E-state index contributed by atoms with van der Waals surface area (Å²) < 4.78 is 15.1. The van der Waals surface area contributed by atoms with Gasteiger partial charge in [-0.15, -0.1) is 0 Å². The van der Waals surface area contributed by atoms with Gasteiger partial charge in [-0.05, 0) is 45.8 Å². The van der Waals surface area contributed by atoms with Gasteiger partial charge in [-0.3, -0.25) is 14.2 Å². The molecule has 0 spiro atoms. The fourth-order valence-electron chi connectivity index (χ4n) is 2.33. The number of amides is 1. The molecule has 0 saturated carbocycles. The van der Waals surface area contributed by atoms with E-state index in [0.29, 0.717) is 21.1 Å². The van der Waals surface area contributed by atoms with E-state index in [4.69, 9.17) is 5.73 Å². The van der Waals surface area contributed by atoms with Crippen LogP contribution in [0, 0.1) is 5.82 Å². The average molecular weight is 376 g/mol. The fraction of sp³-hybridized carbons (Fsp3) is 0.0625. The van der Waals surface area contributed by atoms with Gasteiger partial charge in [0, 0.05) is 16.1 Å². The van der Waals surface area contributed by atoms with Gasteiger partial charge in [0.05, 0.1) is 6.54 Å². The molecule has 3 rings (SSSR count). The molecule has 0 atom stereocenters. The molecule has 3 aromatic rings. The predicted octanol–water partition coefficient (Wildman–Crippen LogP) is 2.45. The SMILES string of the molecule is NC(=O)c1cc2cc(Br)cnc2n(Cc2ccc(F)cc2)c1=O. The number of fused-ring (bicyclic) bond motifs is 1. The molecular weight excluding hydrogens is 365 g/mol. The summed E-state index contributed by atoms with van der Waals surface area (Å²) in [5.41, 5.74) is 5.79. The van der Waals surface area contributed by atoms with Crippen molar-refractivity contribution < 1.29 is 9.18 Å². The summed E-state index contributed by atoms with van der Waals surface area (Å²) in [5.74, 6) is -1.16. The van der Waals surface area contributed by atoms with Crippen molar-refractivity contribution in [3.05, 3.63) is 74.4 Å². The van der Waals surface area contributed by atoms with Crippen LogP contribution in [0.2, 0.25) is 0 Å². The monoisotopic (exact) mass is 375 g/mol. The zero-order chi connectivity index (χ0) is 16.6. The molecule has 2 heterocycles. The summed E-state index contributed by atoms with van der Waals surface area (Å²) in [6.07, 6.45) is 1.56. The molecule has 0 bridgehead atoms. The summed E-state index contributed by atoms with van der Waals surface area (Å²) in [7, 11) is 0. The molecule has 0 radical (unpaired) electrons. The first-order chi connectivity index (χ1) is 11.0. The third-order valence-corrected chi connectivity index (χ3v) is 3.85. The number of nitrogens with zero attached hydrogens (tertiary/aromatic N) is 2. The Kier molecular flexibility index (Phi) is 3.96. The Bertz CT molecular complexity index is 967. The number of nitrogens with two attached hydrogens (primary N) is 1. The largest absolute Gasteiger partial charge is 0.365 e. The molecule has 0 unspecified atom stereocenters. The van der Waals surface area contributed by atoms with Crippen molar-refractivity contribution in [2.24, 2.45) is 5.73 Å². The van der Waals surface area contributed by atoms with E-state index in [1.807, 2.05) is 0 Å². The minimum atomic E-state index is -0.801. The lowest BCUT2D eigenvalue weighted by molar-refractivity contribution is 0.0998. The summed E-state index contributed by atoms with van der Waals surface area (Å²) in [6, 6.07) is 8.94. The number of rotatable bonds is 3. The van der Waals surface area contributed by atoms with Crippen LogP contribution in [-0.2, 0) is 6.54 Å². The van der Waals surface area contributed by atoms with Gasteiger partial charge in [-0.2, -0.15) is 0 Å². The highest BCUT2D eigenvalue weighted by atomic mass is 79.9. The molecule has 0 aliphatic carbocycles. The van der Waals surface area contributed by atoms with Crippen molar-refractivity contribution in [3.8, 4) is 0 Å². The van der Waals surface area contributed by atoms with E-state index in [2.05, 4.69) is 20.9 Å². The standard InChI is InChI=1S/C16H11BrFN3O2/c17-11-5-10-6-13(14(19)22)16(23)21(15(10)20-7-11)8-9-1-3-12(18)4-2-9/h1-7H,8H2,(H2,19,22). The molecule has 0 fully saturated rings. The van der Waals surface area contributed by atoms with Gasteiger partial charge >= 0.3 is 0 Å². The highest BCUT2D eigenvalue weighted by Gasteiger charge is 2.14. The number of primary amides is 1. The van der Waals surface area contributed by atoms with Crippen LogP contribution < -0.4 is 11.3 Å². The Morgan fingerprint density at radius 3 is 2.61 bits per heavy atom. The molecular formula is C16H11BrFN3O2. The third-order valence-electron chi connectivity index (χ3n) is 3.41. The van der Waals surface area contributed by atoms with E-state index in [1.165, 1.54) is 22.8 Å². The Hall–Kier alpha value is -2.54. The van der Waals surface area contributed by atoms with Gasteiger partial charge in [0.15, 0.2) is 0 Å². The Morgan fingerprint density at radius 1 is 1.26 bits per heavy atom. The summed E-state index contributed by atoms with van der Waals surface area (Å²) in [5, 5.41) is 0.606. The molecule has 23 heavy (non-hydrogen) atoms. The predicted molar refractivity (Wildman–Crippen MR) is 87.7 cm³/mol. The molecule has 1 aromatic carbocycles. The highest BCUT2D eigenvalue weighted by molar-refractivity contribution is 9.10. The van der Waals surface area contributed by atoms with Crippen LogP contribution >= 0.6 is 15.9 Å². The maximum Gasteiger partial charge on any atom is 0.265 e. The number of aromatic nitrogens is 2. The van der Waals surface area contributed by atoms with E-state index in [1.54, 1.807) is 24.4 Å². The third kappa shape index (κ3) is 3.00. The number of carbonyl (C=O) groups excluding carboxylic acids is 1. The van der Waals surface area contributed by atoms with Gasteiger partial charge in [-0.1, -0.05) is 12.1 Å². The lowest BCUT2D eigenvalue weighted by Crippen LogP contribution is -2.30. The van der Waals surface area contributed by atoms with Gasteiger partial charge in [0.2, 0.25) is 0 Å². The van der Waals surface area contributed by atoms with Crippen molar-refractivity contribution >= 4 is 32.9 Å². The van der Waals surface area contributed by atoms with E-state index in [9.17, 15) is 14.0 Å². The van der Waals surface area contributed by atoms with Gasteiger partial charge in [-0.25, -0.2) is 9.37 Å². The number of benzene rings is 1. The topological polar surface area (TPSA) is 78.0 Å². The Labute approximate surface area is 138 Å². The highest BCUT2D eigenvalue weighted by Crippen LogP contribution is 2.18. The number of pyridine rings is 2. The van der Waals surface area contributed by atoms with Crippen LogP contribution in [0.15, 0.2) is 51.9 Å². The van der Waals surface area contributed by atoms with Crippen LogP contribution in [0.4, 0.5) is 4.39 Å². The summed E-state index contributed by atoms with van der Waals surface area (Å²) in [4.78, 5) is 28.3. The quantitative estimate of drug-likeness (QED) is 0.763. The first kappa shape index (κ1) is 15.4. The minimum Gasteiger partial charge on any atom is -0.365 e. The van der Waals surface area contributed by atoms with Crippen LogP contribution in [-0.4, -0.2) is 15.5 Å². The van der Waals surface area contributed by atoms with E-state index in [0.717, 1.165) is 0 Å². The van der Waals surface area contributed by atoms with Crippen molar-refractivity contribution in [3.63, 3.8) is 0 Å². The fourth-order valence-corrected chi connectivity index (χ4v) is 2.68. The Balaban J connectivity index is 2.24. The summed E-state index contributed by atoms with van der Waals surface area (Å²) >= 11 is 3.30. The van der Waals surface area contributed by atoms with Crippen molar-refractivity contribution in [1.82, 2.24) is 9.55 Å². The minimum absolute atomic E-state index is 0.112. The van der Waals surface area contributed by atoms with Crippen molar-refractivity contribution in [2.45, 2.75) is 6.54 Å². The van der Waals surface area contributed by atoms with Gasteiger partial charge < -0.3 is 5.73 Å². The first-order valence-electron chi connectivity index (χ1n) is 6.69. The molecule has 0 aliphatic rings. The lowest BCUT2D eigenvalue weighted by Gasteiger charge is -2.11. The molecule has 0 aliphatic heterocycles. The zero-order valence-electron chi connectivity index (χ0n) is 11.8.